The number of rotatable bonds is 5. The van der Waals surface area contributed by atoms with Crippen LogP contribution in [0.3, 0.4) is 0 Å². The van der Waals surface area contributed by atoms with Crippen molar-refractivity contribution in [2.45, 2.75) is 38.5 Å². The molecular weight excluding hydrogens is 879 g/mol. The van der Waals surface area contributed by atoms with E-state index in [0.717, 1.165) is 60.5 Å². The second kappa shape index (κ2) is 15.0. The lowest BCUT2D eigenvalue weighted by Gasteiger charge is -2.24. The minimum atomic E-state index is -0.321. The quantitative estimate of drug-likeness (QED) is 0.171. The minimum absolute atomic E-state index is 0.321. The Balaban J connectivity index is 1.08. The van der Waals surface area contributed by atoms with Gasteiger partial charge in [0.25, 0.3) is 0 Å². The van der Waals surface area contributed by atoms with Crippen LogP contribution in [0.4, 0.5) is 0 Å². The summed E-state index contributed by atoms with van der Waals surface area (Å²) in [5.41, 5.74) is 18.4. The molecule has 0 N–H and O–H groups in total. The molecule has 2 aliphatic rings. The number of hydrogen-bond acceptors (Lipinski definition) is 5. The topological polar surface area (TPSA) is 96.1 Å². The lowest BCUT2D eigenvalue weighted by atomic mass is 9.81. The molecule has 12 aromatic rings. The molecule has 338 valence electrons. The first-order valence-corrected chi connectivity index (χ1v) is 24.4. The smallest absolute Gasteiger partial charge is 0.166 e. The number of nitriles is 2. The molecule has 0 spiro atoms. The van der Waals surface area contributed by atoms with Crippen LogP contribution in [0.2, 0.25) is 0 Å². The van der Waals surface area contributed by atoms with Crippen LogP contribution in [0, 0.1) is 22.7 Å². The van der Waals surface area contributed by atoms with E-state index < -0.39 is 0 Å². The molecule has 14 rings (SSSR count). The SMILES string of the molecule is CC1(C)c2ccccc2-c2ccc3c4ccccc4n(-c4ccc(C#N)cc4-c4nc(-c5ccccc5)nc(-c5cc(C#N)ccc5-n5c6ccccc6c6ccc7c(c65)C(C)(C)c5ccccc5-7)n4)c3c21. The third-order valence-electron chi connectivity index (χ3n) is 15.6. The number of aromatic nitrogens is 5. The Hall–Kier alpha value is -9.43. The molecule has 3 heterocycles. The molecule has 2 aliphatic carbocycles. The third kappa shape index (κ3) is 5.68. The molecule has 0 radical (unpaired) electrons. The summed E-state index contributed by atoms with van der Waals surface area (Å²) in [4.78, 5) is 16.2. The minimum Gasteiger partial charge on any atom is -0.308 e. The Morgan fingerprint density at radius 2 is 0.792 bits per heavy atom. The number of hydrogen-bond donors (Lipinski definition) is 0. The van der Waals surface area contributed by atoms with Gasteiger partial charge in [-0.05, 0) is 93.0 Å². The molecule has 3 aromatic heterocycles. The molecule has 0 amide bonds. The van der Waals surface area contributed by atoms with Crippen LogP contribution in [0.15, 0.2) is 188 Å². The van der Waals surface area contributed by atoms with E-state index in [1.165, 1.54) is 44.5 Å². The van der Waals surface area contributed by atoms with E-state index in [2.05, 4.69) is 170 Å². The number of fused-ring (bicyclic) bond motifs is 14. The maximum atomic E-state index is 10.6. The Morgan fingerprint density at radius 3 is 1.26 bits per heavy atom. The van der Waals surface area contributed by atoms with E-state index in [9.17, 15) is 10.5 Å². The maximum absolute atomic E-state index is 10.6. The van der Waals surface area contributed by atoms with Gasteiger partial charge in [-0.3, -0.25) is 0 Å². The lowest BCUT2D eigenvalue weighted by molar-refractivity contribution is 0.663. The van der Waals surface area contributed by atoms with Gasteiger partial charge in [0, 0.05) is 49.1 Å². The molecule has 0 bridgehead atoms. The summed E-state index contributed by atoms with van der Waals surface area (Å²) in [6, 6.07) is 70.2. The second-order valence-electron chi connectivity index (χ2n) is 20.2. The fourth-order valence-corrected chi connectivity index (χ4v) is 12.4. The summed E-state index contributed by atoms with van der Waals surface area (Å²) in [7, 11) is 0. The summed E-state index contributed by atoms with van der Waals surface area (Å²) >= 11 is 0. The molecule has 0 atom stereocenters. The fraction of sp³-hybridized carbons (Fsp3) is 0.0923. The van der Waals surface area contributed by atoms with E-state index in [0.29, 0.717) is 39.7 Å². The number of para-hydroxylation sites is 2. The van der Waals surface area contributed by atoms with Crippen LogP contribution in [-0.4, -0.2) is 24.1 Å². The van der Waals surface area contributed by atoms with Crippen LogP contribution in [0.25, 0.3) is 111 Å². The van der Waals surface area contributed by atoms with Crippen molar-refractivity contribution in [1.82, 2.24) is 24.1 Å². The van der Waals surface area contributed by atoms with Gasteiger partial charge in [-0.15, -0.1) is 0 Å². The Kier molecular flexibility index (Phi) is 8.67. The van der Waals surface area contributed by atoms with Crippen LogP contribution in [0.5, 0.6) is 0 Å². The predicted octanol–water partition coefficient (Wildman–Crippen LogP) is 15.4. The van der Waals surface area contributed by atoms with E-state index in [1.54, 1.807) is 0 Å². The monoisotopic (exact) mass is 921 g/mol. The van der Waals surface area contributed by atoms with Gasteiger partial charge in [0.1, 0.15) is 0 Å². The van der Waals surface area contributed by atoms with Gasteiger partial charge in [0.05, 0.1) is 56.7 Å². The second-order valence-corrected chi connectivity index (χ2v) is 20.2. The van der Waals surface area contributed by atoms with Crippen molar-refractivity contribution in [2.24, 2.45) is 0 Å². The summed E-state index contributed by atoms with van der Waals surface area (Å²) in [6.45, 7) is 9.28. The molecule has 0 fully saturated rings. The summed E-state index contributed by atoms with van der Waals surface area (Å²) < 4.78 is 4.72. The zero-order valence-corrected chi connectivity index (χ0v) is 40.0. The van der Waals surface area contributed by atoms with Crippen LogP contribution >= 0.6 is 0 Å². The van der Waals surface area contributed by atoms with Crippen molar-refractivity contribution < 1.29 is 0 Å². The Morgan fingerprint density at radius 1 is 0.375 bits per heavy atom. The van der Waals surface area contributed by atoms with Crippen LogP contribution in [-0.2, 0) is 10.8 Å². The average Bonchev–Trinajstić information content (AvgIpc) is 4.09. The van der Waals surface area contributed by atoms with E-state index in [4.69, 9.17) is 15.0 Å². The maximum Gasteiger partial charge on any atom is 0.166 e. The van der Waals surface area contributed by atoms with Crippen LogP contribution in [0.1, 0.15) is 61.1 Å². The van der Waals surface area contributed by atoms with Crippen molar-refractivity contribution in [3.05, 3.63) is 221 Å². The van der Waals surface area contributed by atoms with Crippen molar-refractivity contribution >= 4 is 43.6 Å². The van der Waals surface area contributed by atoms with E-state index >= 15 is 0 Å². The van der Waals surface area contributed by atoms with Gasteiger partial charge < -0.3 is 9.13 Å². The summed E-state index contributed by atoms with van der Waals surface area (Å²) in [6.07, 6.45) is 0. The first-order chi connectivity index (χ1) is 35.1. The van der Waals surface area contributed by atoms with Crippen LogP contribution < -0.4 is 0 Å². The Labute approximate surface area is 416 Å². The molecule has 72 heavy (non-hydrogen) atoms. The number of benzene rings is 9. The predicted molar refractivity (Wildman–Crippen MR) is 289 cm³/mol. The molecular formula is C65H43N7. The molecule has 0 saturated heterocycles. The third-order valence-corrected chi connectivity index (χ3v) is 15.6. The first-order valence-electron chi connectivity index (χ1n) is 24.4. The highest BCUT2D eigenvalue weighted by Crippen LogP contribution is 2.55. The standard InChI is InChI=1S/C65H43N7/c1-64(2)51-22-12-8-18-41(51)45-28-30-47-43-20-10-14-24-53(43)71(59(47)57(45)64)55-32-26-38(36-66)34-49(55)62-68-61(40-16-6-5-7-17-40)69-63(70-62)50-35-39(37-67)27-33-56(50)72-54-25-15-11-21-44(54)48-31-29-46-42-19-9-13-23-52(42)65(3,4)58(46)60(48)72/h5-35H,1-4H3. The summed E-state index contributed by atoms with van der Waals surface area (Å²) in [5, 5.41) is 25.8. The highest BCUT2D eigenvalue weighted by Gasteiger charge is 2.40. The average molecular weight is 922 g/mol. The van der Waals surface area contributed by atoms with Gasteiger partial charge in [0.2, 0.25) is 0 Å². The van der Waals surface area contributed by atoms with Gasteiger partial charge in [-0.25, -0.2) is 15.0 Å². The molecule has 0 unspecified atom stereocenters. The highest BCUT2D eigenvalue weighted by atomic mass is 15.1. The first kappa shape index (κ1) is 41.5. The highest BCUT2D eigenvalue weighted by molar-refractivity contribution is 6.15. The molecule has 0 saturated carbocycles. The zero-order valence-electron chi connectivity index (χ0n) is 40.0. The molecule has 7 nitrogen and oxygen atoms in total. The summed E-state index contributed by atoms with van der Waals surface area (Å²) in [5.74, 6) is 1.27. The van der Waals surface area contributed by atoms with Gasteiger partial charge in [-0.1, -0.05) is 167 Å². The molecule has 9 aromatic carbocycles. The van der Waals surface area contributed by atoms with Crippen molar-refractivity contribution in [1.29, 1.82) is 10.5 Å². The van der Waals surface area contributed by atoms with Gasteiger partial charge in [0.15, 0.2) is 17.5 Å². The van der Waals surface area contributed by atoms with Crippen molar-refractivity contribution in [3.8, 4) is 79.9 Å². The van der Waals surface area contributed by atoms with Gasteiger partial charge >= 0.3 is 0 Å². The number of nitrogens with zero attached hydrogens (tertiary/aromatic N) is 7. The lowest BCUT2D eigenvalue weighted by Crippen LogP contribution is -2.16. The zero-order chi connectivity index (χ0) is 48.6. The van der Waals surface area contributed by atoms with E-state index in [1.807, 2.05) is 66.7 Å². The normalized spacial score (nSPS) is 13.8. The van der Waals surface area contributed by atoms with Gasteiger partial charge in [-0.2, -0.15) is 10.5 Å². The largest absolute Gasteiger partial charge is 0.308 e. The van der Waals surface area contributed by atoms with Crippen molar-refractivity contribution in [3.63, 3.8) is 0 Å². The molecule has 0 aliphatic heterocycles. The fourth-order valence-electron chi connectivity index (χ4n) is 12.4. The van der Waals surface area contributed by atoms with Crippen molar-refractivity contribution in [2.75, 3.05) is 0 Å². The van der Waals surface area contributed by atoms with E-state index in [-0.39, 0.29) is 10.8 Å². The Bertz CT molecular complexity index is 4160. The molecule has 7 heteroatoms.